The van der Waals surface area contributed by atoms with Crippen LogP contribution in [0.3, 0.4) is 0 Å². The maximum absolute atomic E-state index is 12.4. The molecule has 1 aliphatic heterocycles. The first kappa shape index (κ1) is 18.5. The van der Waals surface area contributed by atoms with Gasteiger partial charge in [-0.15, -0.1) is 5.10 Å². The summed E-state index contributed by atoms with van der Waals surface area (Å²) in [6, 6.07) is 14.2. The van der Waals surface area contributed by atoms with Crippen LogP contribution in [-0.4, -0.2) is 26.1 Å². The Morgan fingerprint density at radius 1 is 0.967 bits per heavy atom. The van der Waals surface area contributed by atoms with Gasteiger partial charge in [0, 0.05) is 48.7 Å². The molecule has 4 heterocycles. The van der Waals surface area contributed by atoms with Gasteiger partial charge in [0.25, 0.3) is 5.56 Å². The third kappa shape index (κ3) is 3.24. The van der Waals surface area contributed by atoms with Crippen molar-refractivity contribution in [1.29, 1.82) is 0 Å². The van der Waals surface area contributed by atoms with Crippen LogP contribution in [0.1, 0.15) is 28.1 Å². The van der Waals surface area contributed by atoms with E-state index < -0.39 is 0 Å². The van der Waals surface area contributed by atoms with Gasteiger partial charge in [-0.1, -0.05) is 29.8 Å². The van der Waals surface area contributed by atoms with Crippen molar-refractivity contribution in [1.82, 2.24) is 19.6 Å². The van der Waals surface area contributed by atoms with Crippen molar-refractivity contribution in [3.8, 4) is 11.1 Å². The van der Waals surface area contributed by atoms with Gasteiger partial charge in [0.15, 0.2) is 11.5 Å². The molecule has 3 aromatic heterocycles. The summed E-state index contributed by atoms with van der Waals surface area (Å²) in [6.07, 6.45) is 2.82. The Balaban J connectivity index is 1.52. The highest BCUT2D eigenvalue weighted by Crippen LogP contribution is 2.28. The highest BCUT2D eigenvalue weighted by Gasteiger charge is 2.21. The maximum Gasteiger partial charge on any atom is 0.274 e. The van der Waals surface area contributed by atoms with E-state index in [4.69, 9.17) is 4.98 Å². The van der Waals surface area contributed by atoms with Crippen molar-refractivity contribution >= 4 is 11.5 Å². The van der Waals surface area contributed by atoms with E-state index in [-0.39, 0.29) is 5.56 Å². The largest absolute Gasteiger partial charge is 0.350 e. The number of pyridine rings is 1. The van der Waals surface area contributed by atoms with Gasteiger partial charge < -0.3 is 4.90 Å². The second kappa shape index (κ2) is 7.06. The van der Waals surface area contributed by atoms with Gasteiger partial charge in [-0.05, 0) is 49.6 Å². The van der Waals surface area contributed by atoms with E-state index in [1.807, 2.05) is 26.1 Å². The number of hydrogen-bond donors (Lipinski definition) is 0. The van der Waals surface area contributed by atoms with Crippen molar-refractivity contribution < 1.29 is 0 Å². The lowest BCUT2D eigenvalue weighted by Crippen LogP contribution is -2.33. The first-order chi connectivity index (χ1) is 14.5. The average molecular weight is 397 g/mol. The fourth-order valence-corrected chi connectivity index (χ4v) is 4.06. The number of rotatable bonds is 2. The monoisotopic (exact) mass is 397 g/mol. The van der Waals surface area contributed by atoms with Crippen LogP contribution >= 0.6 is 0 Å². The predicted molar refractivity (Wildman–Crippen MR) is 118 cm³/mol. The van der Waals surface area contributed by atoms with Crippen molar-refractivity contribution in [2.45, 2.75) is 33.7 Å². The Hall–Kier alpha value is -3.54. The molecule has 6 heteroatoms. The summed E-state index contributed by atoms with van der Waals surface area (Å²) in [5, 5.41) is 4.65. The summed E-state index contributed by atoms with van der Waals surface area (Å²) in [5.74, 6) is 0.821. The predicted octanol–water partition coefficient (Wildman–Crippen LogP) is 3.64. The standard InChI is InChI=1S/C24H23N5O/c1-15-4-6-18(7-5-15)19-12-20-14-28(9-8-21(20)25-13-19)24-16(2)10-22-26-17(3)11-23(30)29(22)27-24/h4-7,10-13H,8-9,14H2,1-3H3. The lowest BCUT2D eigenvalue weighted by atomic mass is 9.99. The van der Waals surface area contributed by atoms with Gasteiger partial charge in [-0.3, -0.25) is 9.78 Å². The molecule has 0 N–H and O–H groups in total. The molecule has 0 radical (unpaired) electrons. The molecule has 0 aliphatic carbocycles. The second-order valence-corrected chi connectivity index (χ2v) is 8.02. The summed E-state index contributed by atoms with van der Waals surface area (Å²) < 4.78 is 1.39. The molecule has 0 atom stereocenters. The lowest BCUT2D eigenvalue weighted by Gasteiger charge is -2.30. The highest BCUT2D eigenvalue weighted by molar-refractivity contribution is 5.64. The maximum atomic E-state index is 12.4. The zero-order valence-electron chi connectivity index (χ0n) is 17.4. The molecule has 1 aromatic carbocycles. The van der Waals surface area contributed by atoms with Crippen molar-refractivity contribution in [2.24, 2.45) is 0 Å². The van der Waals surface area contributed by atoms with Crippen molar-refractivity contribution in [3.63, 3.8) is 0 Å². The Kier molecular flexibility index (Phi) is 4.35. The molecule has 0 spiro atoms. The number of aryl methyl sites for hydroxylation is 3. The minimum Gasteiger partial charge on any atom is -0.350 e. The molecule has 0 unspecified atom stereocenters. The second-order valence-electron chi connectivity index (χ2n) is 8.02. The van der Waals surface area contributed by atoms with Crippen LogP contribution in [-0.2, 0) is 13.0 Å². The zero-order valence-corrected chi connectivity index (χ0v) is 17.4. The molecule has 0 amide bonds. The van der Waals surface area contributed by atoms with E-state index in [2.05, 4.69) is 52.2 Å². The Labute approximate surface area is 174 Å². The number of benzene rings is 1. The summed E-state index contributed by atoms with van der Waals surface area (Å²) in [4.78, 5) is 23.8. The van der Waals surface area contributed by atoms with Crippen LogP contribution in [0.25, 0.3) is 16.8 Å². The van der Waals surface area contributed by atoms with Crippen LogP contribution < -0.4 is 10.5 Å². The Morgan fingerprint density at radius 2 is 1.77 bits per heavy atom. The lowest BCUT2D eigenvalue weighted by molar-refractivity contribution is 0.685. The molecule has 150 valence electrons. The van der Waals surface area contributed by atoms with Crippen LogP contribution in [0.4, 0.5) is 5.82 Å². The third-order valence-corrected chi connectivity index (χ3v) is 5.67. The first-order valence-corrected chi connectivity index (χ1v) is 10.2. The summed E-state index contributed by atoms with van der Waals surface area (Å²) in [6.45, 7) is 7.47. The van der Waals surface area contributed by atoms with Gasteiger partial charge in [-0.25, -0.2) is 4.98 Å². The number of fused-ring (bicyclic) bond motifs is 2. The molecule has 0 saturated heterocycles. The van der Waals surface area contributed by atoms with E-state index in [1.165, 1.54) is 27.3 Å². The summed E-state index contributed by atoms with van der Waals surface area (Å²) >= 11 is 0. The van der Waals surface area contributed by atoms with Crippen molar-refractivity contribution in [3.05, 3.63) is 87.1 Å². The molecule has 4 aromatic rings. The molecule has 5 rings (SSSR count). The van der Waals surface area contributed by atoms with Crippen LogP contribution in [0.15, 0.2) is 53.5 Å². The minimum atomic E-state index is -0.153. The molecule has 0 bridgehead atoms. The summed E-state index contributed by atoms with van der Waals surface area (Å²) in [7, 11) is 0. The van der Waals surface area contributed by atoms with E-state index in [9.17, 15) is 4.79 Å². The number of hydrogen-bond acceptors (Lipinski definition) is 5. The minimum absolute atomic E-state index is 0.153. The van der Waals surface area contributed by atoms with Gasteiger partial charge in [0.05, 0.1) is 0 Å². The fraction of sp³-hybridized carbons (Fsp3) is 0.250. The smallest absolute Gasteiger partial charge is 0.274 e. The molecule has 0 saturated carbocycles. The number of anilines is 1. The van der Waals surface area contributed by atoms with Crippen LogP contribution in [0, 0.1) is 20.8 Å². The Morgan fingerprint density at radius 3 is 2.57 bits per heavy atom. The number of nitrogens with zero attached hydrogens (tertiary/aromatic N) is 5. The quantitative estimate of drug-likeness (QED) is 0.517. The molecular weight excluding hydrogens is 374 g/mol. The van der Waals surface area contributed by atoms with E-state index in [0.717, 1.165) is 42.1 Å². The SMILES string of the molecule is Cc1ccc(-c2cnc3c(c2)CN(c2nn4c(=O)cc(C)nc4cc2C)CC3)cc1. The van der Waals surface area contributed by atoms with Crippen molar-refractivity contribution in [2.75, 3.05) is 11.4 Å². The molecule has 1 aliphatic rings. The summed E-state index contributed by atoms with van der Waals surface area (Å²) in [5.41, 5.74) is 8.02. The number of aromatic nitrogens is 4. The van der Waals surface area contributed by atoms with Gasteiger partial charge in [0.1, 0.15) is 0 Å². The van der Waals surface area contributed by atoms with Gasteiger partial charge in [0.2, 0.25) is 0 Å². The van der Waals surface area contributed by atoms with E-state index in [1.54, 1.807) is 0 Å². The first-order valence-electron chi connectivity index (χ1n) is 10.2. The molecule has 0 fully saturated rings. The zero-order chi connectivity index (χ0) is 20.8. The molecular formula is C24H23N5O. The third-order valence-electron chi connectivity index (χ3n) is 5.67. The van der Waals surface area contributed by atoms with E-state index >= 15 is 0 Å². The topological polar surface area (TPSA) is 63.4 Å². The normalized spacial score (nSPS) is 13.5. The van der Waals surface area contributed by atoms with Crippen LogP contribution in [0.2, 0.25) is 0 Å². The average Bonchev–Trinajstić information content (AvgIpc) is 2.73. The van der Waals surface area contributed by atoms with E-state index in [0.29, 0.717) is 11.3 Å². The van der Waals surface area contributed by atoms with Gasteiger partial charge >= 0.3 is 0 Å². The highest BCUT2D eigenvalue weighted by atomic mass is 16.1. The fourth-order valence-electron chi connectivity index (χ4n) is 4.06. The Bertz CT molecular complexity index is 1320. The van der Waals surface area contributed by atoms with Gasteiger partial charge in [-0.2, -0.15) is 4.52 Å². The molecule has 30 heavy (non-hydrogen) atoms. The molecule has 6 nitrogen and oxygen atoms in total. The van der Waals surface area contributed by atoms with Crippen LogP contribution in [0.5, 0.6) is 0 Å².